The Balaban J connectivity index is 2.19. The molecule has 0 radical (unpaired) electrons. The predicted molar refractivity (Wildman–Crippen MR) is 105 cm³/mol. The first-order valence-electron chi connectivity index (χ1n) is 9.04. The summed E-state index contributed by atoms with van der Waals surface area (Å²) in [4.78, 5) is 25.5. The Kier molecular flexibility index (Phi) is 6.87. The van der Waals surface area contributed by atoms with Gasteiger partial charge in [-0.1, -0.05) is 26.8 Å². The number of halogens is 1. The van der Waals surface area contributed by atoms with Crippen molar-refractivity contribution in [1.82, 2.24) is 4.90 Å². The molecule has 0 N–H and O–H groups in total. The molecular formula is C21H28ClNO3. The summed E-state index contributed by atoms with van der Waals surface area (Å²) in [6, 6.07) is 5.32. The highest BCUT2D eigenvalue weighted by Crippen LogP contribution is 2.35. The van der Waals surface area contributed by atoms with Gasteiger partial charge < -0.3 is 9.64 Å². The van der Waals surface area contributed by atoms with E-state index in [0.29, 0.717) is 11.5 Å². The third-order valence-electron chi connectivity index (χ3n) is 4.75. The molecular weight excluding hydrogens is 350 g/mol. The third-order valence-corrected chi connectivity index (χ3v) is 4.89. The summed E-state index contributed by atoms with van der Waals surface area (Å²) in [6.07, 6.45) is 5.98. The van der Waals surface area contributed by atoms with Crippen LogP contribution in [0.5, 0.6) is 5.75 Å². The Bertz CT molecular complexity index is 698. The van der Waals surface area contributed by atoms with Crippen molar-refractivity contribution >= 4 is 22.6 Å². The minimum Gasteiger partial charge on any atom is -0.496 e. The number of nitrogens with zero attached hydrogens (tertiary/aromatic N) is 1. The van der Waals surface area contributed by atoms with E-state index in [2.05, 4.69) is 37.9 Å². The van der Waals surface area contributed by atoms with Crippen molar-refractivity contribution in [2.75, 3.05) is 20.2 Å². The summed E-state index contributed by atoms with van der Waals surface area (Å²) in [5.41, 5.74) is 1.48. The van der Waals surface area contributed by atoms with Gasteiger partial charge in [-0.25, -0.2) is 0 Å². The van der Waals surface area contributed by atoms with Crippen LogP contribution in [0.25, 0.3) is 0 Å². The normalized spacial score (nSPS) is 19.7. The van der Waals surface area contributed by atoms with E-state index < -0.39 is 5.24 Å². The van der Waals surface area contributed by atoms with Gasteiger partial charge in [-0.2, -0.15) is 0 Å². The van der Waals surface area contributed by atoms with E-state index in [9.17, 15) is 9.59 Å². The average Bonchev–Trinajstić information content (AvgIpc) is 2.56. The van der Waals surface area contributed by atoms with Gasteiger partial charge in [-0.05, 0) is 65.7 Å². The van der Waals surface area contributed by atoms with Crippen LogP contribution >= 0.6 is 11.6 Å². The van der Waals surface area contributed by atoms with Gasteiger partial charge in [0.2, 0.25) is 5.24 Å². The number of ether oxygens (including phenoxy) is 1. The standard InChI is InChI=1S/C21H28ClNO3/c1-15(2)14-23-9-7-21(3,8-10-23)13-17-11-16(5-6-19(17)26-4)18(24)12-20(22)25/h5-7,9,11,15H,8,10,12-14H2,1-4H3. The molecule has 0 fully saturated rings. The molecule has 1 atom stereocenters. The van der Waals surface area contributed by atoms with Crippen LogP contribution in [-0.4, -0.2) is 36.1 Å². The Labute approximate surface area is 161 Å². The molecule has 1 aromatic carbocycles. The van der Waals surface area contributed by atoms with E-state index in [-0.39, 0.29) is 17.6 Å². The maximum absolute atomic E-state index is 12.2. The first-order chi connectivity index (χ1) is 12.2. The minimum atomic E-state index is -0.639. The molecule has 0 saturated carbocycles. The zero-order chi connectivity index (χ0) is 19.3. The van der Waals surface area contributed by atoms with Crippen LogP contribution in [0.4, 0.5) is 0 Å². The number of carbonyl (C=O) groups excluding carboxylic acids is 2. The number of benzene rings is 1. The average molecular weight is 378 g/mol. The molecule has 0 bridgehead atoms. The van der Waals surface area contributed by atoms with Gasteiger partial charge in [0.15, 0.2) is 5.78 Å². The summed E-state index contributed by atoms with van der Waals surface area (Å²) >= 11 is 5.35. The van der Waals surface area contributed by atoms with Crippen LogP contribution in [0.1, 0.15) is 49.5 Å². The van der Waals surface area contributed by atoms with Crippen LogP contribution in [-0.2, 0) is 11.2 Å². The lowest BCUT2D eigenvalue weighted by molar-refractivity contribution is -0.110. The maximum Gasteiger partial charge on any atom is 0.229 e. The van der Waals surface area contributed by atoms with Crippen molar-refractivity contribution in [3.05, 3.63) is 41.6 Å². The largest absolute Gasteiger partial charge is 0.496 e. The lowest BCUT2D eigenvalue weighted by Crippen LogP contribution is -2.33. The molecule has 0 saturated heterocycles. The molecule has 0 spiro atoms. The summed E-state index contributed by atoms with van der Waals surface area (Å²) < 4.78 is 5.48. The lowest BCUT2D eigenvalue weighted by atomic mass is 9.78. The molecule has 2 rings (SSSR count). The van der Waals surface area contributed by atoms with E-state index in [1.54, 1.807) is 19.2 Å². The van der Waals surface area contributed by atoms with Crippen LogP contribution in [0, 0.1) is 11.3 Å². The maximum atomic E-state index is 12.2. The van der Waals surface area contributed by atoms with E-state index in [1.807, 2.05) is 6.07 Å². The molecule has 0 aliphatic carbocycles. The van der Waals surface area contributed by atoms with Gasteiger partial charge in [0.25, 0.3) is 0 Å². The fourth-order valence-corrected chi connectivity index (χ4v) is 3.49. The first-order valence-corrected chi connectivity index (χ1v) is 9.42. The molecule has 1 unspecified atom stereocenters. The molecule has 5 heteroatoms. The molecule has 4 nitrogen and oxygen atoms in total. The number of hydrogen-bond acceptors (Lipinski definition) is 4. The number of allylic oxidation sites excluding steroid dienone is 1. The van der Waals surface area contributed by atoms with Gasteiger partial charge >= 0.3 is 0 Å². The number of hydrogen-bond donors (Lipinski definition) is 0. The minimum absolute atomic E-state index is 0.00470. The fraction of sp³-hybridized carbons (Fsp3) is 0.524. The van der Waals surface area contributed by atoms with Crippen molar-refractivity contribution in [3.63, 3.8) is 0 Å². The van der Waals surface area contributed by atoms with Crippen molar-refractivity contribution in [3.8, 4) is 5.75 Å². The quantitative estimate of drug-likeness (QED) is 0.381. The Morgan fingerprint density at radius 3 is 2.62 bits per heavy atom. The fourth-order valence-electron chi connectivity index (χ4n) is 3.36. The molecule has 0 amide bonds. The summed E-state index contributed by atoms with van der Waals surface area (Å²) in [5, 5.41) is -0.639. The summed E-state index contributed by atoms with van der Waals surface area (Å²) in [6.45, 7) is 8.76. The van der Waals surface area contributed by atoms with Gasteiger partial charge in [0, 0.05) is 18.7 Å². The molecule has 1 aliphatic heterocycles. The lowest BCUT2D eigenvalue weighted by Gasteiger charge is -2.36. The number of rotatable bonds is 8. The predicted octanol–water partition coefficient (Wildman–Crippen LogP) is 4.46. The van der Waals surface area contributed by atoms with E-state index in [4.69, 9.17) is 16.3 Å². The highest BCUT2D eigenvalue weighted by atomic mass is 35.5. The number of ketones is 1. The van der Waals surface area contributed by atoms with E-state index >= 15 is 0 Å². The molecule has 1 heterocycles. The molecule has 1 aliphatic rings. The first kappa shape index (κ1) is 20.5. The van der Waals surface area contributed by atoms with E-state index in [0.717, 1.165) is 37.2 Å². The van der Waals surface area contributed by atoms with Crippen molar-refractivity contribution in [2.45, 2.75) is 40.0 Å². The van der Waals surface area contributed by atoms with Crippen LogP contribution < -0.4 is 4.74 Å². The molecule has 142 valence electrons. The Morgan fingerprint density at radius 1 is 1.35 bits per heavy atom. The van der Waals surface area contributed by atoms with E-state index in [1.165, 1.54) is 0 Å². The molecule has 26 heavy (non-hydrogen) atoms. The topological polar surface area (TPSA) is 46.6 Å². The van der Waals surface area contributed by atoms with Gasteiger partial charge in [-0.15, -0.1) is 0 Å². The second-order valence-electron chi connectivity index (χ2n) is 7.77. The van der Waals surface area contributed by atoms with Gasteiger partial charge in [0.05, 0.1) is 13.5 Å². The zero-order valence-corrected chi connectivity index (χ0v) is 16.8. The highest BCUT2D eigenvalue weighted by molar-refractivity contribution is 6.65. The Morgan fingerprint density at radius 2 is 2.08 bits per heavy atom. The Hall–Kier alpha value is -1.81. The van der Waals surface area contributed by atoms with Gasteiger partial charge in [-0.3, -0.25) is 9.59 Å². The van der Waals surface area contributed by atoms with Crippen LogP contribution in [0.2, 0.25) is 0 Å². The SMILES string of the molecule is COc1ccc(C(=O)CC(=O)Cl)cc1CC1(C)C=CN(CC(C)C)CC1. The van der Waals surface area contributed by atoms with Crippen molar-refractivity contribution in [2.24, 2.45) is 11.3 Å². The second kappa shape index (κ2) is 8.72. The van der Waals surface area contributed by atoms with Gasteiger partial charge in [0.1, 0.15) is 5.75 Å². The monoisotopic (exact) mass is 377 g/mol. The smallest absolute Gasteiger partial charge is 0.229 e. The summed E-state index contributed by atoms with van der Waals surface area (Å²) in [5.74, 6) is 1.13. The van der Waals surface area contributed by atoms with Crippen molar-refractivity contribution < 1.29 is 14.3 Å². The molecule has 1 aromatic rings. The van der Waals surface area contributed by atoms with Crippen molar-refractivity contribution in [1.29, 1.82) is 0 Å². The second-order valence-corrected chi connectivity index (χ2v) is 8.19. The molecule has 0 aromatic heterocycles. The zero-order valence-electron chi connectivity index (χ0n) is 16.0. The number of methoxy groups -OCH3 is 1. The third kappa shape index (κ3) is 5.60. The number of Topliss-reactive ketones (excluding diaryl/α,β-unsaturated/α-hetero) is 1. The van der Waals surface area contributed by atoms with Crippen LogP contribution in [0.3, 0.4) is 0 Å². The summed E-state index contributed by atoms with van der Waals surface area (Å²) in [7, 11) is 1.63. The highest BCUT2D eigenvalue weighted by Gasteiger charge is 2.27. The number of carbonyl (C=O) groups is 2. The van der Waals surface area contributed by atoms with Crippen LogP contribution in [0.15, 0.2) is 30.5 Å².